The Hall–Kier alpha value is -1.39. The average molecular weight is 273 g/mol. The van der Waals surface area contributed by atoms with Crippen LogP contribution in [-0.4, -0.2) is 35.5 Å². The first kappa shape index (κ1) is 13.6. The molecule has 1 amide bonds. The highest BCUT2D eigenvalue weighted by Gasteiger charge is 2.46. The third-order valence-corrected chi connectivity index (χ3v) is 4.41. The van der Waals surface area contributed by atoms with Crippen molar-refractivity contribution in [2.45, 2.75) is 43.8 Å². The highest BCUT2D eigenvalue weighted by atomic mass is 16.2. The topological polar surface area (TPSA) is 58.4 Å². The SMILES string of the molecule is NC1(C(=O)NC2CCN(Cc3ccccc3)CC2)CC1. The highest BCUT2D eigenvalue weighted by molar-refractivity contribution is 5.89. The Morgan fingerprint density at radius 3 is 2.50 bits per heavy atom. The van der Waals surface area contributed by atoms with Gasteiger partial charge in [0.2, 0.25) is 5.91 Å². The third-order valence-electron chi connectivity index (χ3n) is 4.41. The van der Waals surface area contributed by atoms with E-state index >= 15 is 0 Å². The summed E-state index contributed by atoms with van der Waals surface area (Å²) >= 11 is 0. The molecule has 4 nitrogen and oxygen atoms in total. The monoisotopic (exact) mass is 273 g/mol. The normalized spacial score (nSPS) is 22.4. The molecule has 1 heterocycles. The second kappa shape index (κ2) is 5.54. The van der Waals surface area contributed by atoms with E-state index in [1.165, 1.54) is 5.56 Å². The maximum Gasteiger partial charge on any atom is 0.240 e. The molecule has 108 valence electrons. The van der Waals surface area contributed by atoms with Crippen molar-refractivity contribution < 1.29 is 4.79 Å². The fourth-order valence-corrected chi connectivity index (χ4v) is 2.77. The van der Waals surface area contributed by atoms with Gasteiger partial charge in [-0.3, -0.25) is 9.69 Å². The minimum Gasteiger partial charge on any atom is -0.352 e. The number of carbonyl (C=O) groups is 1. The Morgan fingerprint density at radius 1 is 1.25 bits per heavy atom. The van der Waals surface area contributed by atoms with E-state index in [0.29, 0.717) is 6.04 Å². The molecule has 3 N–H and O–H groups in total. The standard InChI is InChI=1S/C16H23N3O/c17-16(8-9-16)15(20)18-14-6-10-19(11-7-14)12-13-4-2-1-3-5-13/h1-5,14H,6-12,17H2,(H,18,20). The van der Waals surface area contributed by atoms with Gasteiger partial charge in [-0.1, -0.05) is 30.3 Å². The van der Waals surface area contributed by atoms with Gasteiger partial charge >= 0.3 is 0 Å². The van der Waals surface area contributed by atoms with Crippen molar-refractivity contribution in [1.29, 1.82) is 0 Å². The minimum atomic E-state index is -0.541. The Bertz CT molecular complexity index is 462. The number of nitrogens with zero attached hydrogens (tertiary/aromatic N) is 1. The zero-order valence-electron chi connectivity index (χ0n) is 11.8. The summed E-state index contributed by atoms with van der Waals surface area (Å²) in [6, 6.07) is 10.8. The first-order valence-corrected chi connectivity index (χ1v) is 7.52. The van der Waals surface area contributed by atoms with E-state index in [2.05, 4.69) is 34.5 Å². The number of hydrogen-bond acceptors (Lipinski definition) is 3. The molecule has 1 aliphatic carbocycles. The molecular weight excluding hydrogens is 250 g/mol. The van der Waals surface area contributed by atoms with E-state index < -0.39 is 5.54 Å². The van der Waals surface area contributed by atoms with Gasteiger partial charge in [-0.15, -0.1) is 0 Å². The summed E-state index contributed by atoms with van der Waals surface area (Å²) in [6.45, 7) is 3.08. The number of piperidine rings is 1. The van der Waals surface area contributed by atoms with Crippen LogP contribution in [0.5, 0.6) is 0 Å². The summed E-state index contributed by atoms with van der Waals surface area (Å²) in [6.07, 6.45) is 3.72. The molecule has 4 heteroatoms. The molecule has 1 aromatic rings. The van der Waals surface area contributed by atoms with Crippen molar-refractivity contribution in [3.63, 3.8) is 0 Å². The molecule has 1 aliphatic heterocycles. The van der Waals surface area contributed by atoms with Crippen molar-refractivity contribution in [2.24, 2.45) is 5.73 Å². The zero-order chi connectivity index (χ0) is 14.0. The average Bonchev–Trinajstić information content (AvgIpc) is 3.22. The molecule has 1 saturated heterocycles. The van der Waals surface area contributed by atoms with Crippen LogP contribution >= 0.6 is 0 Å². The van der Waals surface area contributed by atoms with Gasteiger partial charge in [-0.25, -0.2) is 0 Å². The van der Waals surface area contributed by atoms with E-state index in [1.807, 2.05) is 6.07 Å². The van der Waals surface area contributed by atoms with Crippen molar-refractivity contribution >= 4 is 5.91 Å². The van der Waals surface area contributed by atoms with Crippen molar-refractivity contribution in [2.75, 3.05) is 13.1 Å². The van der Waals surface area contributed by atoms with Gasteiger partial charge in [0, 0.05) is 25.7 Å². The first-order chi connectivity index (χ1) is 9.66. The molecule has 2 aliphatic rings. The summed E-state index contributed by atoms with van der Waals surface area (Å²) in [4.78, 5) is 14.4. The summed E-state index contributed by atoms with van der Waals surface area (Å²) < 4.78 is 0. The van der Waals surface area contributed by atoms with E-state index in [0.717, 1.165) is 45.3 Å². The lowest BCUT2D eigenvalue weighted by Gasteiger charge is -2.32. The van der Waals surface area contributed by atoms with Crippen LogP contribution in [0.1, 0.15) is 31.2 Å². The molecule has 20 heavy (non-hydrogen) atoms. The summed E-state index contributed by atoms with van der Waals surface area (Å²) in [5, 5.41) is 3.12. The predicted molar refractivity (Wildman–Crippen MR) is 79.0 cm³/mol. The Kier molecular flexibility index (Phi) is 3.76. The second-order valence-electron chi connectivity index (χ2n) is 6.17. The zero-order valence-corrected chi connectivity index (χ0v) is 11.8. The van der Waals surface area contributed by atoms with Crippen LogP contribution in [0.15, 0.2) is 30.3 Å². The smallest absolute Gasteiger partial charge is 0.240 e. The number of nitrogens with one attached hydrogen (secondary N) is 1. The number of hydrogen-bond donors (Lipinski definition) is 2. The first-order valence-electron chi connectivity index (χ1n) is 7.52. The van der Waals surface area contributed by atoms with Crippen LogP contribution in [0.25, 0.3) is 0 Å². The maximum absolute atomic E-state index is 11.9. The number of amides is 1. The lowest BCUT2D eigenvalue weighted by atomic mass is 10.0. The van der Waals surface area contributed by atoms with Gasteiger partial charge in [0.25, 0.3) is 0 Å². The number of likely N-dealkylation sites (tertiary alicyclic amines) is 1. The summed E-state index contributed by atoms with van der Waals surface area (Å²) in [5.41, 5.74) is 6.73. The van der Waals surface area contributed by atoms with Crippen molar-refractivity contribution in [3.05, 3.63) is 35.9 Å². The van der Waals surface area contributed by atoms with Gasteiger partial charge in [-0.2, -0.15) is 0 Å². The van der Waals surface area contributed by atoms with Gasteiger partial charge in [0.1, 0.15) is 0 Å². The van der Waals surface area contributed by atoms with Gasteiger partial charge in [0.15, 0.2) is 0 Å². The van der Waals surface area contributed by atoms with Crippen LogP contribution in [0.3, 0.4) is 0 Å². The fraction of sp³-hybridized carbons (Fsp3) is 0.562. The van der Waals surface area contributed by atoms with E-state index in [9.17, 15) is 4.79 Å². The Labute approximate surface area is 120 Å². The fourth-order valence-electron chi connectivity index (χ4n) is 2.77. The highest BCUT2D eigenvalue weighted by Crippen LogP contribution is 2.32. The Balaban J connectivity index is 1.44. The molecular formula is C16H23N3O. The molecule has 2 fully saturated rings. The number of benzene rings is 1. The lowest BCUT2D eigenvalue weighted by molar-refractivity contribution is -0.124. The maximum atomic E-state index is 11.9. The quantitative estimate of drug-likeness (QED) is 0.868. The van der Waals surface area contributed by atoms with Crippen molar-refractivity contribution in [1.82, 2.24) is 10.2 Å². The predicted octanol–water partition coefficient (Wildman–Crippen LogP) is 1.26. The molecule has 1 saturated carbocycles. The molecule has 3 rings (SSSR count). The van der Waals surface area contributed by atoms with E-state index in [-0.39, 0.29) is 5.91 Å². The van der Waals surface area contributed by atoms with Crippen LogP contribution in [0.2, 0.25) is 0 Å². The van der Waals surface area contributed by atoms with Crippen LogP contribution in [-0.2, 0) is 11.3 Å². The third kappa shape index (κ3) is 3.19. The largest absolute Gasteiger partial charge is 0.352 e. The number of rotatable bonds is 4. The number of carbonyl (C=O) groups excluding carboxylic acids is 1. The van der Waals surface area contributed by atoms with Gasteiger partial charge in [-0.05, 0) is 31.2 Å². The molecule has 0 unspecified atom stereocenters. The molecule has 0 aromatic heterocycles. The summed E-state index contributed by atoms with van der Waals surface area (Å²) in [5.74, 6) is 0.0546. The molecule has 0 atom stereocenters. The summed E-state index contributed by atoms with van der Waals surface area (Å²) in [7, 11) is 0. The minimum absolute atomic E-state index is 0.0546. The molecule has 1 aromatic carbocycles. The van der Waals surface area contributed by atoms with Crippen LogP contribution < -0.4 is 11.1 Å². The molecule has 0 spiro atoms. The lowest BCUT2D eigenvalue weighted by Crippen LogP contribution is -2.50. The second-order valence-corrected chi connectivity index (χ2v) is 6.17. The van der Waals surface area contributed by atoms with Crippen molar-refractivity contribution in [3.8, 4) is 0 Å². The van der Waals surface area contributed by atoms with Crippen LogP contribution in [0, 0.1) is 0 Å². The Morgan fingerprint density at radius 2 is 1.90 bits per heavy atom. The van der Waals surface area contributed by atoms with Crippen LogP contribution in [0.4, 0.5) is 0 Å². The van der Waals surface area contributed by atoms with Gasteiger partial charge < -0.3 is 11.1 Å². The van der Waals surface area contributed by atoms with E-state index in [4.69, 9.17) is 5.73 Å². The van der Waals surface area contributed by atoms with E-state index in [1.54, 1.807) is 0 Å². The molecule has 0 radical (unpaired) electrons. The van der Waals surface area contributed by atoms with Gasteiger partial charge in [0.05, 0.1) is 5.54 Å². The number of nitrogens with two attached hydrogens (primary N) is 1. The molecule has 0 bridgehead atoms.